The zero-order valence-electron chi connectivity index (χ0n) is 44.7. The summed E-state index contributed by atoms with van der Waals surface area (Å²) in [5.74, 6) is -0.915. The first-order valence-corrected chi connectivity index (χ1v) is 29.1. The van der Waals surface area contributed by atoms with Crippen LogP contribution in [0.25, 0.3) is 0 Å². The average Bonchev–Trinajstić information content (AvgIpc) is 3.33. The Hall–Kier alpha value is -2.63. The molecule has 390 valence electrons. The second-order valence-corrected chi connectivity index (χ2v) is 19.6. The molecule has 0 aliphatic rings. The molecule has 0 saturated heterocycles. The predicted octanol–water partition coefficient (Wildman–Crippen LogP) is 19.4. The third-order valence-corrected chi connectivity index (χ3v) is 12.8. The molecule has 0 aromatic carbocycles. The first-order valence-electron chi connectivity index (χ1n) is 29.1. The fourth-order valence-corrected chi connectivity index (χ4v) is 8.39. The molecule has 6 heteroatoms. The molecule has 0 rings (SSSR count). The van der Waals surface area contributed by atoms with E-state index in [1.807, 2.05) is 0 Å². The van der Waals surface area contributed by atoms with Crippen LogP contribution in [0.2, 0.25) is 0 Å². The van der Waals surface area contributed by atoms with E-state index in [1.165, 1.54) is 193 Å². The number of rotatable bonds is 53. The van der Waals surface area contributed by atoms with Gasteiger partial charge in [-0.2, -0.15) is 0 Å². The van der Waals surface area contributed by atoms with E-state index >= 15 is 0 Å². The van der Waals surface area contributed by atoms with E-state index in [9.17, 15) is 14.4 Å². The van der Waals surface area contributed by atoms with Crippen LogP contribution in [0.15, 0.2) is 48.6 Å². The van der Waals surface area contributed by atoms with Gasteiger partial charge in [0.05, 0.1) is 0 Å². The van der Waals surface area contributed by atoms with Crippen molar-refractivity contribution in [1.82, 2.24) is 0 Å². The van der Waals surface area contributed by atoms with Crippen molar-refractivity contribution in [3.8, 4) is 0 Å². The predicted molar refractivity (Wildman–Crippen MR) is 289 cm³/mol. The lowest BCUT2D eigenvalue weighted by molar-refractivity contribution is -0.167. The summed E-state index contributed by atoms with van der Waals surface area (Å²) in [4.78, 5) is 38.1. The van der Waals surface area contributed by atoms with Crippen molar-refractivity contribution in [2.24, 2.45) is 0 Å². The van der Waals surface area contributed by atoms with Crippen LogP contribution in [0.5, 0.6) is 0 Å². The molecular weight excluding hydrogens is 829 g/mol. The second kappa shape index (κ2) is 56.0. The Morgan fingerprint density at radius 2 is 0.537 bits per heavy atom. The SMILES string of the molecule is CCCCC/C=C\C/C=C\C/C=C\CCCCC(=O)O[C@H](COC(=O)CCCCCCCCC/C=C\CCCCCCCC)COC(=O)CCCCCCCCCCCCCCCCCCC. The number of hydrogen-bond acceptors (Lipinski definition) is 6. The summed E-state index contributed by atoms with van der Waals surface area (Å²) in [6.07, 6.45) is 68.2. The van der Waals surface area contributed by atoms with Crippen LogP contribution >= 0.6 is 0 Å². The molecule has 0 saturated carbocycles. The van der Waals surface area contributed by atoms with Crippen molar-refractivity contribution in [3.05, 3.63) is 48.6 Å². The first-order chi connectivity index (χ1) is 33.0. The first kappa shape index (κ1) is 64.4. The highest BCUT2D eigenvalue weighted by molar-refractivity contribution is 5.71. The molecule has 6 nitrogen and oxygen atoms in total. The normalized spacial score (nSPS) is 12.3. The van der Waals surface area contributed by atoms with Crippen molar-refractivity contribution in [3.63, 3.8) is 0 Å². The van der Waals surface area contributed by atoms with Gasteiger partial charge in [0.2, 0.25) is 0 Å². The highest BCUT2D eigenvalue weighted by Gasteiger charge is 2.19. The molecule has 0 unspecified atom stereocenters. The van der Waals surface area contributed by atoms with Gasteiger partial charge >= 0.3 is 17.9 Å². The number of unbranched alkanes of at least 4 members (excludes halogenated alkanes) is 34. The standard InChI is InChI=1S/C61H110O6/c1-4-7-10-13-16-19-22-25-28-30-33-35-38-41-44-47-50-53-59(62)65-56-58(67-61(64)55-52-49-46-43-40-37-32-27-24-21-18-15-12-9-6-3)57-66-60(63)54-51-48-45-42-39-36-34-31-29-26-23-20-17-14-11-8-5-2/h18,21,25,27-28,32,40,43,58H,4-17,19-20,22-24,26,29-31,33-39,41-42,44-57H2,1-3H3/b21-18-,28-25-,32-27-,43-40-/t58-/m1/s1. The summed E-state index contributed by atoms with van der Waals surface area (Å²) in [6.45, 7) is 6.61. The van der Waals surface area contributed by atoms with Crippen LogP contribution in [-0.2, 0) is 28.6 Å². The van der Waals surface area contributed by atoms with Gasteiger partial charge in [-0.25, -0.2) is 0 Å². The van der Waals surface area contributed by atoms with E-state index in [4.69, 9.17) is 14.2 Å². The highest BCUT2D eigenvalue weighted by Crippen LogP contribution is 2.16. The molecule has 0 N–H and O–H groups in total. The molecule has 0 aliphatic carbocycles. The van der Waals surface area contributed by atoms with E-state index < -0.39 is 6.10 Å². The monoisotopic (exact) mass is 939 g/mol. The Labute approximate surface area is 416 Å². The van der Waals surface area contributed by atoms with Gasteiger partial charge in [-0.3, -0.25) is 14.4 Å². The summed E-state index contributed by atoms with van der Waals surface area (Å²) >= 11 is 0. The Kier molecular flexibility index (Phi) is 53.8. The minimum atomic E-state index is -0.792. The van der Waals surface area contributed by atoms with Gasteiger partial charge in [0.1, 0.15) is 13.2 Å². The van der Waals surface area contributed by atoms with E-state index in [2.05, 4.69) is 69.4 Å². The fourth-order valence-electron chi connectivity index (χ4n) is 8.39. The molecular formula is C61H110O6. The number of hydrogen-bond donors (Lipinski definition) is 0. The lowest BCUT2D eigenvalue weighted by Gasteiger charge is -2.18. The number of esters is 3. The van der Waals surface area contributed by atoms with Crippen molar-refractivity contribution in [2.45, 2.75) is 309 Å². The molecule has 0 amide bonds. The lowest BCUT2D eigenvalue weighted by atomic mass is 10.0. The molecule has 0 aromatic rings. The van der Waals surface area contributed by atoms with Crippen LogP contribution in [0.4, 0.5) is 0 Å². The second-order valence-electron chi connectivity index (χ2n) is 19.6. The molecule has 0 aliphatic heterocycles. The minimum absolute atomic E-state index is 0.0867. The number of allylic oxidation sites excluding steroid dienone is 8. The van der Waals surface area contributed by atoms with Crippen molar-refractivity contribution in [1.29, 1.82) is 0 Å². The zero-order valence-corrected chi connectivity index (χ0v) is 44.7. The van der Waals surface area contributed by atoms with Gasteiger partial charge in [-0.15, -0.1) is 0 Å². The summed E-state index contributed by atoms with van der Waals surface area (Å²) in [5.41, 5.74) is 0. The molecule has 0 aromatic heterocycles. The average molecular weight is 940 g/mol. The summed E-state index contributed by atoms with van der Waals surface area (Å²) in [6, 6.07) is 0. The molecule has 0 heterocycles. The van der Waals surface area contributed by atoms with Crippen molar-refractivity contribution in [2.75, 3.05) is 13.2 Å². The van der Waals surface area contributed by atoms with Crippen molar-refractivity contribution >= 4 is 17.9 Å². The maximum absolute atomic E-state index is 12.8. The van der Waals surface area contributed by atoms with Crippen molar-refractivity contribution < 1.29 is 28.6 Å². The largest absolute Gasteiger partial charge is 0.462 e. The minimum Gasteiger partial charge on any atom is -0.462 e. The zero-order chi connectivity index (χ0) is 48.6. The molecule has 0 radical (unpaired) electrons. The molecule has 67 heavy (non-hydrogen) atoms. The van der Waals surface area contributed by atoms with Crippen LogP contribution in [0.1, 0.15) is 303 Å². The van der Waals surface area contributed by atoms with Gasteiger partial charge < -0.3 is 14.2 Å². The van der Waals surface area contributed by atoms with Crippen LogP contribution in [0, 0.1) is 0 Å². The lowest BCUT2D eigenvalue weighted by Crippen LogP contribution is -2.30. The van der Waals surface area contributed by atoms with E-state index in [1.54, 1.807) is 0 Å². The number of carbonyl (C=O) groups excluding carboxylic acids is 3. The highest BCUT2D eigenvalue weighted by atomic mass is 16.6. The smallest absolute Gasteiger partial charge is 0.306 e. The molecule has 0 spiro atoms. The van der Waals surface area contributed by atoms with Crippen LogP contribution in [-0.4, -0.2) is 37.2 Å². The van der Waals surface area contributed by atoms with Gasteiger partial charge in [-0.05, 0) is 83.5 Å². The van der Waals surface area contributed by atoms with Crippen LogP contribution < -0.4 is 0 Å². The Balaban J connectivity index is 4.39. The third kappa shape index (κ3) is 54.2. The van der Waals surface area contributed by atoms with Gasteiger partial charge in [-0.1, -0.05) is 249 Å². The van der Waals surface area contributed by atoms with Crippen LogP contribution in [0.3, 0.4) is 0 Å². The summed E-state index contributed by atoms with van der Waals surface area (Å²) < 4.78 is 16.8. The van der Waals surface area contributed by atoms with Gasteiger partial charge in [0, 0.05) is 19.3 Å². The Morgan fingerprint density at radius 3 is 0.910 bits per heavy atom. The molecule has 0 bridgehead atoms. The summed E-state index contributed by atoms with van der Waals surface area (Å²) in [5, 5.41) is 0. The topological polar surface area (TPSA) is 78.9 Å². The quantitative estimate of drug-likeness (QED) is 0.0262. The van der Waals surface area contributed by atoms with E-state index in [0.29, 0.717) is 19.3 Å². The Morgan fingerprint density at radius 1 is 0.299 bits per heavy atom. The van der Waals surface area contributed by atoms with E-state index in [0.717, 1.165) is 64.2 Å². The fraction of sp³-hybridized carbons (Fsp3) is 0.820. The molecule has 0 fully saturated rings. The Bertz CT molecular complexity index is 1170. The number of ether oxygens (including phenoxy) is 3. The summed E-state index contributed by atoms with van der Waals surface area (Å²) in [7, 11) is 0. The van der Waals surface area contributed by atoms with E-state index in [-0.39, 0.29) is 37.5 Å². The van der Waals surface area contributed by atoms with Gasteiger partial charge in [0.15, 0.2) is 6.10 Å². The molecule has 1 atom stereocenters. The number of carbonyl (C=O) groups is 3. The van der Waals surface area contributed by atoms with Gasteiger partial charge in [0.25, 0.3) is 0 Å². The maximum Gasteiger partial charge on any atom is 0.306 e. The third-order valence-electron chi connectivity index (χ3n) is 12.8. The maximum atomic E-state index is 12.8.